The van der Waals surface area contributed by atoms with Gasteiger partial charge in [-0.05, 0) is 39.0 Å². The number of aryl methyl sites for hydroxylation is 3. The van der Waals surface area contributed by atoms with Crippen LogP contribution in [-0.2, 0) is 146 Å². The number of ether oxygens (including phenoxy) is 6. The van der Waals surface area contributed by atoms with Gasteiger partial charge in [-0.1, -0.05) is 66.4 Å². The minimum absolute atomic E-state index is 0.00608. The molecule has 126 heavy (non-hydrogen) atoms. The molecule has 0 bridgehead atoms. The van der Waals surface area contributed by atoms with Crippen LogP contribution in [0.5, 0.6) is 0 Å². The Morgan fingerprint density at radius 2 is 0.802 bits per heavy atom. The summed E-state index contributed by atoms with van der Waals surface area (Å²) in [6.45, 7) is -25.7. The molecule has 0 spiro atoms. The molecule has 0 aromatic carbocycles. The second kappa shape index (κ2) is 37.8. The Hall–Kier alpha value is -6.20. The summed E-state index contributed by atoms with van der Waals surface area (Å²) in [6, 6.07) is 0. The molecule has 64 heteroatoms. The summed E-state index contributed by atoms with van der Waals surface area (Å²) in [5.74, 6) is -0.235. The van der Waals surface area contributed by atoms with Crippen LogP contribution in [0, 0.1) is 20.8 Å². The third-order valence-corrected chi connectivity index (χ3v) is 30.5. The molecule has 15 heterocycles. The maximum atomic E-state index is 14.8. The van der Waals surface area contributed by atoms with Crippen molar-refractivity contribution < 1.29 is 112 Å². The van der Waals surface area contributed by atoms with Gasteiger partial charge in [-0.2, -0.15) is 9.97 Å². The molecule has 12 unspecified atom stereocenters. The smallest absolute Gasteiger partial charge is 0.386 e. The Balaban J connectivity index is 0.634. The number of anilines is 4. The number of aromatic amines is 3. The number of H-pyrrole nitrogens is 3. The van der Waals surface area contributed by atoms with Crippen molar-refractivity contribution in [1.29, 1.82) is 0 Å². The molecule has 12 N–H and O–H groups in total. The highest BCUT2D eigenvalue weighted by atomic mass is 32.7. The van der Waals surface area contributed by atoms with E-state index in [1.807, 2.05) is 0 Å². The quantitative estimate of drug-likeness (QED) is 0.0173. The van der Waals surface area contributed by atoms with Crippen LogP contribution in [0.4, 0.5) is 23.4 Å². The van der Waals surface area contributed by atoms with Gasteiger partial charge in [-0.25, -0.2) is 53.8 Å². The van der Waals surface area contributed by atoms with Crippen LogP contribution in [0.3, 0.4) is 0 Å². The molecule has 0 aliphatic carbocycles. The molecule has 0 amide bonds. The van der Waals surface area contributed by atoms with Crippen LogP contribution < -0.4 is 76.3 Å². The van der Waals surface area contributed by atoms with Gasteiger partial charge in [0.1, 0.15) is 130 Å². The average molecular weight is 1990 g/mol. The molecule has 686 valence electrons. The number of nitrogens with two attached hydrogens (primary N) is 4. The third-order valence-electron chi connectivity index (χ3n) is 20.9. The number of imidazole rings is 3. The highest BCUT2D eigenvalue weighted by Gasteiger charge is 2.49. The lowest BCUT2D eigenvalue weighted by Gasteiger charge is -2.35. The van der Waals surface area contributed by atoms with Crippen molar-refractivity contribution in [1.82, 2.24) is 87.2 Å². The summed E-state index contributed by atoms with van der Waals surface area (Å²) >= 11 is 31.4. The number of fused-ring (bicyclic) bond motifs is 3. The zero-order valence-corrected chi connectivity index (χ0v) is 76.3. The summed E-state index contributed by atoms with van der Waals surface area (Å²) in [6.07, 6.45) is -13.8. The van der Waals surface area contributed by atoms with E-state index in [9.17, 15) is 57.8 Å². The fourth-order valence-electron chi connectivity index (χ4n) is 14.7. The van der Waals surface area contributed by atoms with Crippen LogP contribution in [0.1, 0.15) is 106 Å². The predicted molar refractivity (Wildman–Crippen MR) is 449 cm³/mol. The summed E-state index contributed by atoms with van der Waals surface area (Å²) < 4.78 is 130. The molecule has 0 radical (unpaired) electrons. The fourth-order valence-corrected chi connectivity index (χ4v) is 23.1. The van der Waals surface area contributed by atoms with E-state index in [1.54, 1.807) is 11.5 Å². The molecule has 6 aliphatic heterocycles. The number of aromatic nitrogens is 18. The van der Waals surface area contributed by atoms with Gasteiger partial charge >= 0.3 is 30.6 Å². The van der Waals surface area contributed by atoms with Crippen LogP contribution >= 0.6 is 52.6 Å². The minimum Gasteiger partial charge on any atom is -0.780 e. The highest BCUT2D eigenvalue weighted by Crippen LogP contribution is 2.59. The van der Waals surface area contributed by atoms with Crippen molar-refractivity contribution in [3.63, 3.8) is 0 Å². The van der Waals surface area contributed by atoms with Crippen LogP contribution in [0.25, 0.3) is 33.5 Å². The maximum absolute atomic E-state index is 14.8. The van der Waals surface area contributed by atoms with Crippen molar-refractivity contribution in [2.75, 3.05) is 63.1 Å². The van der Waals surface area contributed by atoms with Crippen molar-refractivity contribution in [3.05, 3.63) is 129 Å². The maximum Gasteiger partial charge on any atom is 0.386 e. The Kier molecular flexibility index (Phi) is 28.3. The molecular weight excluding hydrogens is 1910 g/mol. The van der Waals surface area contributed by atoms with E-state index < -0.39 is 231 Å². The number of nitrogen functional groups attached to an aromatic ring is 4. The molecule has 6 fully saturated rings. The number of nitrogens with zero attached hydrogens (tertiary/aromatic N) is 15. The Morgan fingerprint density at radius 1 is 0.444 bits per heavy atom. The van der Waals surface area contributed by atoms with Gasteiger partial charge in [-0.15, -0.1) is 0 Å². The first-order chi connectivity index (χ1) is 59.5. The standard InChI is InChI=1S/C62H82N22O30P6S6/c1-6-29-30(7-44(103-29)82-23-71-47-51(64)67-21-69-53(47)82)110-116(92,122)98-17-38-33(9-42(105-38)80-14-27(3)56(85)77-61(80)89)112-118(94,124)101-19-39-34(10-43(106-39)81-15-28(4)57(86)78-62(81)90)113-117(93,123)100-18-37-32(8-41(104-37)79-13-26(2)50(63)74-60(79)88)111-119(95,125)102-20-40-35(12-45(107-40)83-24-72-48-52(65)68-22-70-54(48)83)114-120(96,126)99-16-36-31(109-115(91,121)97-5)11-46(108-36)84-25-73-49-55(84)75-59(66)76-58(49)87/h13-15,21-25,29-46H,6-12,16-20H2,1-5H3,(H,91,121)(H,92,122)(H,93,123)(H,94,124)(H,95,125)(H,96,126)(H2,63,74,88)(H2,64,67,69)(H2,65,68,70)(H,77,85,89)(H,78,86,90)(H3,66,75,76,87)/p-4/t29-,30?,31?,32?,33?,34?,35?,36-,37-,38-,39-,40-,41-,42-,43-,44-,45-,46-,115?,116?,117?,118?,119?,120?/m1/s1. The normalized spacial score (nSPS) is 29.4. The monoisotopic (exact) mass is 1990 g/mol. The van der Waals surface area contributed by atoms with Gasteiger partial charge in [0.2, 0.25) is 5.95 Å². The van der Waals surface area contributed by atoms with E-state index in [1.165, 1.54) is 73.9 Å². The van der Waals surface area contributed by atoms with Gasteiger partial charge in [0, 0.05) is 80.9 Å². The number of hydrogen-bond acceptors (Lipinski definition) is 47. The van der Waals surface area contributed by atoms with E-state index in [0.717, 1.165) is 27.0 Å². The van der Waals surface area contributed by atoms with Crippen molar-refractivity contribution in [2.45, 2.75) is 183 Å². The molecule has 24 atom stereocenters. The lowest BCUT2D eigenvalue weighted by atomic mass is 10.1. The summed E-state index contributed by atoms with van der Waals surface area (Å²) in [5, 5.41) is 0. The highest BCUT2D eigenvalue weighted by molar-refractivity contribution is 8.44. The summed E-state index contributed by atoms with van der Waals surface area (Å²) in [4.78, 5) is 191. The minimum atomic E-state index is -4.98. The first-order valence-corrected chi connectivity index (χ1v) is 53.3. The van der Waals surface area contributed by atoms with Gasteiger partial charge in [0.15, 0.2) is 34.1 Å². The molecule has 6 aliphatic rings. The molecule has 0 saturated carbocycles. The van der Waals surface area contributed by atoms with E-state index in [-0.39, 0.29) is 82.5 Å². The number of hydrogen-bond donors (Lipinski definition) is 9. The first kappa shape index (κ1) is 94.4. The lowest BCUT2D eigenvalue weighted by Crippen LogP contribution is -2.34. The van der Waals surface area contributed by atoms with Gasteiger partial charge in [0.25, 0.3) is 16.7 Å². The molecule has 52 nitrogen and oxygen atoms in total. The third kappa shape index (κ3) is 21.4. The van der Waals surface area contributed by atoms with Crippen molar-refractivity contribution >= 4 is 169 Å². The predicted octanol–water partition coefficient (Wildman–Crippen LogP) is -0.820. The van der Waals surface area contributed by atoms with Crippen molar-refractivity contribution in [3.8, 4) is 0 Å². The van der Waals surface area contributed by atoms with Crippen LogP contribution in [-0.4, -0.2) is 205 Å². The lowest BCUT2D eigenvalue weighted by molar-refractivity contribution is -0.219. The Morgan fingerprint density at radius 3 is 1.24 bits per heavy atom. The zero-order chi connectivity index (χ0) is 90.2. The summed E-state index contributed by atoms with van der Waals surface area (Å²) in [5.41, 5.74) is 20.5. The van der Waals surface area contributed by atoms with Gasteiger partial charge < -0.3 is 121 Å². The number of thiol groups is 1. The zero-order valence-electron chi connectivity index (χ0n) is 66.0. The largest absolute Gasteiger partial charge is 0.780 e. The molecule has 9 aromatic rings. The van der Waals surface area contributed by atoms with E-state index >= 15 is 0 Å². The van der Waals surface area contributed by atoms with Gasteiger partial charge in [-0.3, -0.25) is 65.8 Å². The van der Waals surface area contributed by atoms with E-state index in [4.69, 9.17) is 165 Å². The average Bonchev–Trinajstić information content (AvgIpc) is 1.61. The topological polar surface area (TPSA) is 695 Å². The van der Waals surface area contributed by atoms with Crippen molar-refractivity contribution in [2.24, 2.45) is 0 Å². The van der Waals surface area contributed by atoms with E-state index in [2.05, 4.69) is 72.1 Å². The van der Waals surface area contributed by atoms with Crippen LogP contribution in [0.2, 0.25) is 0 Å². The second-order valence-electron chi connectivity index (χ2n) is 29.2. The number of rotatable bonds is 35. The molecule has 9 aromatic heterocycles. The number of nitrogens with one attached hydrogen (secondary N) is 3. The Labute approximate surface area is 738 Å². The SMILES string of the molecule is CC[C@H]1O[C@@H](n2cnc3c(N)ncnc32)CC1OP([O-])(=S)OC[C@H]1O[C@@H](n2cc(C)c(=O)[nH]c2=O)CC1OP(=O)(S)OC[C@H]1O[C@@H](n2cc(C)c(=O)[nH]c2=O)CC1OP([O-])(=S)OC[C@H]1O[C@@H](n2cc(C)c(N)nc2=O)CC1OP([O-])(=S)OC[C@H]1O[C@@H](n2cnc3c(N)ncnc32)CC1OP(O)(=S)OC[C@H]1O[C@@H](n2cnc3c(=O)[nH]c(N)nc32)CC1OP([O-])(=S)OC. The van der Waals surface area contributed by atoms with Crippen LogP contribution in [0.15, 0.2) is 79.0 Å². The fraction of sp³-hybridized carbons (Fsp3) is 0.565. The Bertz CT molecular complexity index is 6330. The second-order valence-corrected chi connectivity index (χ2v) is 45.8. The molecule has 15 rings (SSSR count). The summed E-state index contributed by atoms with van der Waals surface area (Å²) in [7, 11) is 1.06. The first-order valence-electron chi connectivity index (χ1n) is 37.8. The molecular formula is C62H78N22O30P6S6-4. The molecule has 6 saturated heterocycles. The van der Waals surface area contributed by atoms with Gasteiger partial charge in [0.05, 0.1) is 88.6 Å². The van der Waals surface area contributed by atoms with E-state index in [0.29, 0.717) is 23.1 Å².